The Morgan fingerprint density at radius 3 is 2.76 bits per heavy atom. The fraction of sp³-hybridized carbons (Fsp3) is 0.400. The van der Waals surface area contributed by atoms with Gasteiger partial charge >= 0.3 is 5.69 Å². The van der Waals surface area contributed by atoms with E-state index in [2.05, 4.69) is 10.3 Å². The predicted molar refractivity (Wildman–Crippen MR) is 79.2 cm³/mol. The van der Waals surface area contributed by atoms with E-state index < -0.39 is 11.2 Å². The number of para-hydroxylation sites is 1. The standard InChI is InChI=1S/C15H17N3O3/c19-13(16-8-10-4-3-5-10)9-18-14(20)11-6-1-2-7-12(11)17-15(18)21/h1-2,6-7,10H,3-5,8-9H2,(H,16,19)(H,17,21). The molecule has 1 heterocycles. The third-order valence-corrected chi connectivity index (χ3v) is 4.00. The van der Waals surface area contributed by atoms with E-state index in [-0.39, 0.29) is 12.5 Å². The molecule has 3 rings (SSSR count). The Hall–Kier alpha value is -2.37. The van der Waals surface area contributed by atoms with Crippen molar-refractivity contribution in [1.29, 1.82) is 0 Å². The molecule has 0 aliphatic heterocycles. The fourth-order valence-corrected chi connectivity index (χ4v) is 2.50. The molecule has 2 aromatic rings. The first kappa shape index (κ1) is 13.6. The summed E-state index contributed by atoms with van der Waals surface area (Å²) in [6.45, 7) is 0.380. The number of nitrogens with one attached hydrogen (secondary N) is 2. The Labute approximate surface area is 120 Å². The summed E-state index contributed by atoms with van der Waals surface area (Å²) in [4.78, 5) is 38.7. The van der Waals surface area contributed by atoms with Crippen molar-refractivity contribution in [3.8, 4) is 0 Å². The normalized spacial score (nSPS) is 14.9. The lowest BCUT2D eigenvalue weighted by Gasteiger charge is -2.25. The van der Waals surface area contributed by atoms with Gasteiger partial charge in [-0.1, -0.05) is 18.6 Å². The Kier molecular flexibility index (Phi) is 3.60. The van der Waals surface area contributed by atoms with E-state index in [9.17, 15) is 14.4 Å². The second kappa shape index (κ2) is 5.55. The van der Waals surface area contributed by atoms with Gasteiger partial charge in [0.2, 0.25) is 5.91 Å². The number of H-pyrrole nitrogens is 1. The molecule has 0 bridgehead atoms. The second-order valence-corrected chi connectivity index (χ2v) is 5.47. The van der Waals surface area contributed by atoms with Crippen LogP contribution in [0.1, 0.15) is 19.3 Å². The molecular weight excluding hydrogens is 270 g/mol. The molecule has 1 aliphatic carbocycles. The molecule has 6 nitrogen and oxygen atoms in total. The van der Waals surface area contributed by atoms with Crippen molar-refractivity contribution in [3.05, 3.63) is 45.1 Å². The van der Waals surface area contributed by atoms with E-state index in [0.717, 1.165) is 17.4 Å². The van der Waals surface area contributed by atoms with Gasteiger partial charge in [-0.2, -0.15) is 0 Å². The summed E-state index contributed by atoms with van der Waals surface area (Å²) < 4.78 is 0.943. The SMILES string of the molecule is O=C(Cn1c(=O)[nH]c2ccccc2c1=O)NCC1CCC1. The van der Waals surface area contributed by atoms with Crippen LogP contribution in [0.3, 0.4) is 0 Å². The molecule has 1 fully saturated rings. The Bertz CT molecular complexity index is 787. The lowest BCUT2D eigenvalue weighted by molar-refractivity contribution is -0.122. The molecule has 0 radical (unpaired) electrons. The van der Waals surface area contributed by atoms with Gasteiger partial charge in [0.25, 0.3) is 5.56 Å². The van der Waals surface area contributed by atoms with E-state index in [1.54, 1.807) is 24.3 Å². The van der Waals surface area contributed by atoms with Gasteiger partial charge in [0, 0.05) is 6.54 Å². The molecular formula is C15H17N3O3. The largest absolute Gasteiger partial charge is 0.354 e. The predicted octanol–water partition coefficient (Wildman–Crippen LogP) is 0.606. The monoisotopic (exact) mass is 287 g/mol. The lowest BCUT2D eigenvalue weighted by atomic mass is 9.85. The number of carbonyl (C=O) groups is 1. The van der Waals surface area contributed by atoms with E-state index in [0.29, 0.717) is 23.4 Å². The zero-order valence-corrected chi connectivity index (χ0v) is 11.6. The highest BCUT2D eigenvalue weighted by Crippen LogP contribution is 2.24. The third kappa shape index (κ3) is 2.74. The van der Waals surface area contributed by atoms with Crippen LogP contribution in [0, 0.1) is 5.92 Å². The van der Waals surface area contributed by atoms with Crippen LogP contribution >= 0.6 is 0 Å². The molecule has 2 N–H and O–H groups in total. The van der Waals surface area contributed by atoms with Crippen molar-refractivity contribution in [1.82, 2.24) is 14.9 Å². The molecule has 1 amide bonds. The number of amides is 1. The highest BCUT2D eigenvalue weighted by molar-refractivity contribution is 5.78. The van der Waals surface area contributed by atoms with Gasteiger partial charge in [-0.3, -0.25) is 14.2 Å². The van der Waals surface area contributed by atoms with Crippen LogP contribution in [-0.4, -0.2) is 22.0 Å². The van der Waals surface area contributed by atoms with Crippen molar-refractivity contribution in [2.75, 3.05) is 6.54 Å². The van der Waals surface area contributed by atoms with E-state index in [4.69, 9.17) is 0 Å². The Morgan fingerprint density at radius 2 is 2.05 bits per heavy atom. The highest BCUT2D eigenvalue weighted by Gasteiger charge is 2.18. The number of aromatic nitrogens is 2. The number of fused-ring (bicyclic) bond motifs is 1. The molecule has 0 unspecified atom stereocenters. The van der Waals surface area contributed by atoms with Crippen molar-refractivity contribution in [2.24, 2.45) is 5.92 Å². The van der Waals surface area contributed by atoms with Gasteiger partial charge in [0.05, 0.1) is 10.9 Å². The number of carbonyl (C=O) groups excluding carboxylic acids is 1. The first-order valence-electron chi connectivity index (χ1n) is 7.14. The first-order valence-corrected chi connectivity index (χ1v) is 7.14. The maximum atomic E-state index is 12.3. The summed E-state index contributed by atoms with van der Waals surface area (Å²) in [6, 6.07) is 6.77. The molecule has 110 valence electrons. The first-order chi connectivity index (χ1) is 10.1. The quantitative estimate of drug-likeness (QED) is 0.864. The van der Waals surface area contributed by atoms with Crippen molar-refractivity contribution < 1.29 is 4.79 Å². The van der Waals surface area contributed by atoms with Gasteiger partial charge in [-0.05, 0) is 30.9 Å². The Balaban J connectivity index is 1.81. The van der Waals surface area contributed by atoms with Crippen LogP contribution in [0.15, 0.2) is 33.9 Å². The van der Waals surface area contributed by atoms with E-state index in [1.807, 2.05) is 0 Å². The van der Waals surface area contributed by atoms with E-state index >= 15 is 0 Å². The fourth-order valence-electron chi connectivity index (χ4n) is 2.50. The van der Waals surface area contributed by atoms with E-state index in [1.165, 1.54) is 6.42 Å². The maximum Gasteiger partial charge on any atom is 0.329 e. The number of aromatic amines is 1. The summed E-state index contributed by atoms with van der Waals surface area (Å²) in [6.07, 6.45) is 3.48. The average molecular weight is 287 g/mol. The minimum absolute atomic E-state index is 0.244. The molecule has 0 atom stereocenters. The van der Waals surface area contributed by atoms with Crippen molar-refractivity contribution >= 4 is 16.8 Å². The summed E-state index contributed by atoms with van der Waals surface area (Å²) in [5.41, 5.74) is -0.510. The molecule has 0 spiro atoms. The van der Waals surface area contributed by atoms with Gasteiger partial charge < -0.3 is 10.3 Å². The number of hydrogen-bond donors (Lipinski definition) is 2. The van der Waals surface area contributed by atoms with Crippen LogP contribution in [0.4, 0.5) is 0 Å². The topological polar surface area (TPSA) is 84.0 Å². The second-order valence-electron chi connectivity index (χ2n) is 5.47. The zero-order chi connectivity index (χ0) is 14.8. The number of hydrogen-bond acceptors (Lipinski definition) is 3. The molecule has 21 heavy (non-hydrogen) atoms. The molecule has 1 aromatic carbocycles. The summed E-state index contributed by atoms with van der Waals surface area (Å²) in [7, 11) is 0. The summed E-state index contributed by atoms with van der Waals surface area (Å²) in [5.74, 6) is 0.241. The lowest BCUT2D eigenvalue weighted by Crippen LogP contribution is -2.42. The Morgan fingerprint density at radius 1 is 1.29 bits per heavy atom. The number of benzene rings is 1. The summed E-state index contributed by atoms with van der Waals surface area (Å²) >= 11 is 0. The highest BCUT2D eigenvalue weighted by atomic mass is 16.2. The smallest absolute Gasteiger partial charge is 0.329 e. The third-order valence-electron chi connectivity index (χ3n) is 4.00. The van der Waals surface area contributed by atoms with Crippen molar-refractivity contribution in [2.45, 2.75) is 25.8 Å². The molecule has 0 saturated heterocycles. The molecule has 1 aromatic heterocycles. The van der Waals surface area contributed by atoms with Crippen LogP contribution < -0.4 is 16.6 Å². The van der Waals surface area contributed by atoms with Crippen LogP contribution in [0.25, 0.3) is 10.9 Å². The van der Waals surface area contributed by atoms with Gasteiger partial charge in [0.1, 0.15) is 6.54 Å². The van der Waals surface area contributed by atoms with Crippen LogP contribution in [0.2, 0.25) is 0 Å². The number of nitrogens with zero attached hydrogens (tertiary/aromatic N) is 1. The minimum atomic E-state index is -0.558. The van der Waals surface area contributed by atoms with Gasteiger partial charge in [0.15, 0.2) is 0 Å². The maximum absolute atomic E-state index is 12.3. The van der Waals surface area contributed by atoms with Gasteiger partial charge in [-0.25, -0.2) is 4.79 Å². The van der Waals surface area contributed by atoms with Crippen molar-refractivity contribution in [3.63, 3.8) is 0 Å². The molecule has 6 heteroatoms. The average Bonchev–Trinajstić information content (AvgIpc) is 2.42. The number of rotatable bonds is 4. The van der Waals surface area contributed by atoms with Crippen LogP contribution in [-0.2, 0) is 11.3 Å². The van der Waals surface area contributed by atoms with Crippen LogP contribution in [0.5, 0.6) is 0 Å². The molecule has 1 saturated carbocycles. The minimum Gasteiger partial charge on any atom is -0.354 e. The van der Waals surface area contributed by atoms with Gasteiger partial charge in [-0.15, -0.1) is 0 Å². The molecule has 1 aliphatic rings. The zero-order valence-electron chi connectivity index (χ0n) is 11.6. The summed E-state index contributed by atoms with van der Waals surface area (Å²) in [5, 5.41) is 3.19.